The van der Waals surface area contributed by atoms with E-state index in [0.717, 1.165) is 22.0 Å². The Morgan fingerprint density at radius 2 is 1.63 bits per heavy atom. The molecule has 3 rings (SSSR count). The highest BCUT2D eigenvalue weighted by atomic mass is 16.5. The number of hydrogen-bond acceptors (Lipinski definition) is 4. The number of fused-ring (bicyclic) bond motifs is 1. The highest BCUT2D eigenvalue weighted by Crippen LogP contribution is 2.16. The van der Waals surface area contributed by atoms with E-state index in [0.29, 0.717) is 12.1 Å². The van der Waals surface area contributed by atoms with E-state index in [1.54, 1.807) is 12.1 Å². The summed E-state index contributed by atoms with van der Waals surface area (Å²) in [6.07, 6.45) is 0. The monoisotopic (exact) mass is 362 g/mol. The van der Waals surface area contributed by atoms with Gasteiger partial charge in [0.2, 0.25) is 0 Å². The molecule has 0 radical (unpaired) electrons. The van der Waals surface area contributed by atoms with Gasteiger partial charge in [0.05, 0.1) is 5.56 Å². The van der Waals surface area contributed by atoms with Crippen LogP contribution in [0.15, 0.2) is 66.7 Å². The topological polar surface area (TPSA) is 58.6 Å². The first kappa shape index (κ1) is 18.5. The number of carbonyl (C=O) groups is 2. The molecule has 1 amide bonds. The summed E-state index contributed by atoms with van der Waals surface area (Å²) in [5, 5.41) is 4.76. The van der Waals surface area contributed by atoms with Crippen molar-refractivity contribution in [2.75, 3.05) is 25.6 Å². The normalized spacial score (nSPS) is 10.4. The van der Waals surface area contributed by atoms with Gasteiger partial charge in [-0.3, -0.25) is 4.79 Å². The molecule has 1 N–H and O–H groups in total. The number of nitrogens with one attached hydrogen (secondary N) is 1. The van der Waals surface area contributed by atoms with Crippen molar-refractivity contribution in [3.8, 4) is 0 Å². The van der Waals surface area contributed by atoms with E-state index >= 15 is 0 Å². The summed E-state index contributed by atoms with van der Waals surface area (Å²) in [4.78, 5) is 26.1. The minimum absolute atomic E-state index is 0.304. The molecule has 0 saturated heterocycles. The van der Waals surface area contributed by atoms with E-state index in [-0.39, 0.29) is 12.5 Å². The molecule has 0 bridgehead atoms. The molecule has 27 heavy (non-hydrogen) atoms. The summed E-state index contributed by atoms with van der Waals surface area (Å²) >= 11 is 0. The third-order valence-electron chi connectivity index (χ3n) is 4.26. The van der Waals surface area contributed by atoms with Crippen LogP contribution in [0.3, 0.4) is 0 Å². The zero-order valence-electron chi connectivity index (χ0n) is 15.4. The van der Waals surface area contributed by atoms with Crippen molar-refractivity contribution in [2.24, 2.45) is 0 Å². The molecule has 0 spiro atoms. The number of carbonyl (C=O) groups excluding carboxylic acids is 2. The van der Waals surface area contributed by atoms with Crippen LogP contribution in [0.2, 0.25) is 0 Å². The maximum Gasteiger partial charge on any atom is 0.338 e. The van der Waals surface area contributed by atoms with E-state index in [4.69, 9.17) is 4.74 Å². The zero-order chi connectivity index (χ0) is 19.2. The first-order valence-corrected chi connectivity index (χ1v) is 8.72. The fourth-order valence-corrected chi connectivity index (χ4v) is 2.69. The van der Waals surface area contributed by atoms with Crippen LogP contribution in [0.25, 0.3) is 10.8 Å². The van der Waals surface area contributed by atoms with Gasteiger partial charge >= 0.3 is 5.97 Å². The Morgan fingerprint density at radius 3 is 2.33 bits per heavy atom. The maximum absolute atomic E-state index is 12.2. The predicted octanol–water partition coefficient (Wildman–Crippen LogP) is 3.38. The Kier molecular flexibility index (Phi) is 5.71. The Labute approximate surface area is 158 Å². The molecular weight excluding hydrogens is 340 g/mol. The number of rotatable bonds is 6. The van der Waals surface area contributed by atoms with Gasteiger partial charge in [-0.2, -0.15) is 0 Å². The van der Waals surface area contributed by atoms with Crippen LogP contribution in [0.5, 0.6) is 0 Å². The molecule has 0 aromatic heterocycles. The highest BCUT2D eigenvalue weighted by molar-refractivity contribution is 5.96. The SMILES string of the molecule is CN(C)c1ccc(CNC(=O)COC(=O)c2ccc3ccccc3c2)cc1. The van der Waals surface area contributed by atoms with Crippen LogP contribution in [0.1, 0.15) is 15.9 Å². The lowest BCUT2D eigenvalue weighted by Gasteiger charge is -2.13. The van der Waals surface area contributed by atoms with Gasteiger partial charge in [0.25, 0.3) is 5.91 Å². The number of amides is 1. The highest BCUT2D eigenvalue weighted by Gasteiger charge is 2.10. The lowest BCUT2D eigenvalue weighted by Crippen LogP contribution is -2.28. The summed E-state index contributed by atoms with van der Waals surface area (Å²) in [6.45, 7) is 0.0848. The lowest BCUT2D eigenvalue weighted by atomic mass is 10.1. The van der Waals surface area contributed by atoms with Crippen LogP contribution < -0.4 is 10.2 Å². The van der Waals surface area contributed by atoms with E-state index in [1.165, 1.54) is 0 Å². The Morgan fingerprint density at radius 1 is 0.926 bits per heavy atom. The van der Waals surface area contributed by atoms with Crippen molar-refractivity contribution in [1.29, 1.82) is 0 Å². The third-order valence-corrected chi connectivity index (χ3v) is 4.26. The molecule has 3 aromatic rings. The molecule has 5 heteroatoms. The van der Waals surface area contributed by atoms with Gasteiger partial charge in [0, 0.05) is 26.3 Å². The van der Waals surface area contributed by atoms with Crippen LogP contribution in [0.4, 0.5) is 5.69 Å². The van der Waals surface area contributed by atoms with Crippen molar-refractivity contribution in [2.45, 2.75) is 6.54 Å². The van der Waals surface area contributed by atoms with Gasteiger partial charge in [-0.25, -0.2) is 4.79 Å². The largest absolute Gasteiger partial charge is 0.452 e. The van der Waals surface area contributed by atoms with Crippen LogP contribution in [-0.4, -0.2) is 32.6 Å². The van der Waals surface area contributed by atoms with Crippen LogP contribution in [-0.2, 0) is 16.1 Å². The van der Waals surface area contributed by atoms with E-state index in [2.05, 4.69) is 5.32 Å². The molecule has 0 heterocycles. The molecule has 3 aromatic carbocycles. The van der Waals surface area contributed by atoms with Crippen molar-refractivity contribution in [1.82, 2.24) is 5.32 Å². The average Bonchev–Trinajstić information content (AvgIpc) is 2.70. The molecule has 0 aliphatic rings. The van der Waals surface area contributed by atoms with Crippen molar-refractivity contribution in [3.63, 3.8) is 0 Å². The summed E-state index contributed by atoms with van der Waals surface area (Å²) in [7, 11) is 3.95. The third kappa shape index (κ3) is 4.85. The average molecular weight is 362 g/mol. The number of esters is 1. The number of nitrogens with zero attached hydrogens (tertiary/aromatic N) is 1. The zero-order valence-corrected chi connectivity index (χ0v) is 15.4. The second-order valence-electron chi connectivity index (χ2n) is 6.48. The molecule has 0 fully saturated rings. The number of ether oxygens (including phenoxy) is 1. The van der Waals surface area contributed by atoms with Crippen molar-refractivity contribution < 1.29 is 14.3 Å². The lowest BCUT2D eigenvalue weighted by molar-refractivity contribution is -0.124. The van der Waals surface area contributed by atoms with Gasteiger partial charge in [0.1, 0.15) is 0 Å². The second-order valence-corrected chi connectivity index (χ2v) is 6.48. The molecule has 0 aliphatic carbocycles. The van der Waals surface area contributed by atoms with Crippen LogP contribution >= 0.6 is 0 Å². The van der Waals surface area contributed by atoms with E-state index in [9.17, 15) is 9.59 Å². The Balaban J connectivity index is 1.49. The number of benzene rings is 3. The van der Waals surface area contributed by atoms with Gasteiger partial charge in [-0.05, 0) is 40.6 Å². The minimum Gasteiger partial charge on any atom is -0.452 e. The second kappa shape index (κ2) is 8.36. The molecule has 138 valence electrons. The Hall–Kier alpha value is -3.34. The standard InChI is InChI=1S/C22H22N2O3/c1-24(2)20-11-7-16(8-12-20)14-23-21(25)15-27-22(26)19-10-9-17-5-3-4-6-18(17)13-19/h3-13H,14-15H2,1-2H3,(H,23,25). The fraction of sp³-hybridized carbons (Fsp3) is 0.182. The molecule has 0 unspecified atom stereocenters. The fourth-order valence-electron chi connectivity index (χ4n) is 2.69. The van der Waals surface area contributed by atoms with Gasteiger partial charge in [0.15, 0.2) is 6.61 Å². The number of hydrogen-bond donors (Lipinski definition) is 1. The Bertz CT molecular complexity index is 949. The smallest absolute Gasteiger partial charge is 0.338 e. The molecular formula is C22H22N2O3. The molecule has 0 saturated carbocycles. The van der Waals surface area contributed by atoms with Crippen LogP contribution in [0, 0.1) is 0 Å². The van der Waals surface area contributed by atoms with Gasteiger partial charge in [-0.15, -0.1) is 0 Å². The summed E-state index contributed by atoms with van der Waals surface area (Å²) in [5.74, 6) is -0.841. The van der Waals surface area contributed by atoms with Crippen molar-refractivity contribution >= 4 is 28.3 Å². The molecule has 0 aliphatic heterocycles. The van der Waals surface area contributed by atoms with Gasteiger partial charge < -0.3 is 15.0 Å². The predicted molar refractivity (Wildman–Crippen MR) is 107 cm³/mol. The minimum atomic E-state index is -0.508. The van der Waals surface area contributed by atoms with Gasteiger partial charge in [-0.1, -0.05) is 42.5 Å². The summed E-state index contributed by atoms with van der Waals surface area (Å²) in [6, 6.07) is 21.0. The van der Waals surface area contributed by atoms with E-state index in [1.807, 2.05) is 73.6 Å². The summed E-state index contributed by atoms with van der Waals surface area (Å²) < 4.78 is 5.12. The van der Waals surface area contributed by atoms with Crippen molar-refractivity contribution in [3.05, 3.63) is 77.9 Å². The quantitative estimate of drug-likeness (QED) is 0.683. The number of anilines is 1. The molecule has 5 nitrogen and oxygen atoms in total. The molecule has 0 atom stereocenters. The first-order valence-electron chi connectivity index (χ1n) is 8.72. The van der Waals surface area contributed by atoms with E-state index < -0.39 is 5.97 Å². The maximum atomic E-state index is 12.2. The summed E-state index contributed by atoms with van der Waals surface area (Å²) in [5.41, 5.74) is 2.50. The first-order chi connectivity index (χ1) is 13.0.